The fourth-order valence-electron chi connectivity index (χ4n) is 1.29. The molecule has 0 aliphatic rings. The Bertz CT molecular complexity index is 336. The molecule has 1 aromatic rings. The highest BCUT2D eigenvalue weighted by molar-refractivity contribution is 7.13. The summed E-state index contributed by atoms with van der Waals surface area (Å²) in [6.07, 6.45) is 3.01. The number of aliphatic hydroxyl groups is 1. The van der Waals surface area contributed by atoms with E-state index in [0.717, 1.165) is 12.0 Å². The van der Waals surface area contributed by atoms with Gasteiger partial charge in [0.05, 0.1) is 6.61 Å². The molecule has 1 N–H and O–H groups in total. The van der Waals surface area contributed by atoms with Gasteiger partial charge in [-0.2, -0.15) is 0 Å². The maximum Gasteiger partial charge on any atom is 0.0645 e. The van der Waals surface area contributed by atoms with Crippen LogP contribution in [-0.2, 0) is 5.41 Å². The number of rotatable bonds is 3. The van der Waals surface area contributed by atoms with Crippen LogP contribution in [0.15, 0.2) is 17.7 Å². The second kappa shape index (κ2) is 4.95. The van der Waals surface area contributed by atoms with Crippen LogP contribution in [0, 0.1) is 0 Å². The Morgan fingerprint density at radius 3 is 2.47 bits per heavy atom. The third-order valence-electron chi connectivity index (χ3n) is 2.37. The average Bonchev–Trinajstić information content (AvgIpc) is 2.61. The Morgan fingerprint density at radius 2 is 2.07 bits per heavy atom. The van der Waals surface area contributed by atoms with E-state index in [9.17, 15) is 0 Å². The third-order valence-corrected chi connectivity index (χ3v) is 3.83. The van der Waals surface area contributed by atoms with Gasteiger partial charge in [-0.1, -0.05) is 27.7 Å². The summed E-state index contributed by atoms with van der Waals surface area (Å²) < 4.78 is 0. The summed E-state index contributed by atoms with van der Waals surface area (Å²) in [6.45, 7) is 8.90. The molecule has 84 valence electrons. The van der Waals surface area contributed by atoms with Crippen molar-refractivity contribution in [1.82, 2.24) is 0 Å². The molecule has 0 amide bonds. The molecule has 0 bridgehead atoms. The van der Waals surface area contributed by atoms with Gasteiger partial charge in [-0.05, 0) is 35.6 Å². The van der Waals surface area contributed by atoms with Gasteiger partial charge in [0.15, 0.2) is 0 Å². The van der Waals surface area contributed by atoms with Crippen LogP contribution in [0.5, 0.6) is 0 Å². The summed E-state index contributed by atoms with van der Waals surface area (Å²) in [6, 6.07) is 4.32. The lowest BCUT2D eigenvalue weighted by molar-refractivity contribution is 0.329. The van der Waals surface area contributed by atoms with E-state index in [-0.39, 0.29) is 12.0 Å². The van der Waals surface area contributed by atoms with Crippen molar-refractivity contribution in [2.24, 2.45) is 0 Å². The molecular formula is C13H20OS. The van der Waals surface area contributed by atoms with Crippen molar-refractivity contribution in [3.63, 3.8) is 0 Å². The number of hydrogen-bond donors (Lipinski definition) is 1. The molecule has 1 nitrogen and oxygen atoms in total. The van der Waals surface area contributed by atoms with E-state index < -0.39 is 0 Å². The SMILES string of the molecule is CC/C(=C/c1ccc(C(C)(C)C)s1)CO. The fourth-order valence-corrected chi connectivity index (χ4v) is 2.35. The maximum atomic E-state index is 9.09. The highest BCUT2D eigenvalue weighted by Gasteiger charge is 2.15. The van der Waals surface area contributed by atoms with Gasteiger partial charge in [0.25, 0.3) is 0 Å². The van der Waals surface area contributed by atoms with Crippen LogP contribution in [0.1, 0.15) is 43.9 Å². The summed E-state index contributed by atoms with van der Waals surface area (Å²) in [5, 5.41) is 9.09. The Morgan fingerprint density at radius 1 is 1.40 bits per heavy atom. The van der Waals surface area contributed by atoms with Gasteiger partial charge in [0.1, 0.15) is 0 Å². The maximum absolute atomic E-state index is 9.09. The van der Waals surface area contributed by atoms with Gasteiger partial charge in [-0.3, -0.25) is 0 Å². The van der Waals surface area contributed by atoms with E-state index in [2.05, 4.69) is 45.9 Å². The van der Waals surface area contributed by atoms with Gasteiger partial charge in [-0.15, -0.1) is 11.3 Å². The lowest BCUT2D eigenvalue weighted by Crippen LogP contribution is -2.07. The van der Waals surface area contributed by atoms with Gasteiger partial charge < -0.3 is 5.11 Å². The molecule has 0 aromatic carbocycles. The summed E-state index contributed by atoms with van der Waals surface area (Å²) in [5.74, 6) is 0. The summed E-state index contributed by atoms with van der Waals surface area (Å²) >= 11 is 1.81. The molecular weight excluding hydrogens is 204 g/mol. The first-order chi connectivity index (χ1) is 6.97. The first-order valence-corrected chi connectivity index (χ1v) is 6.19. The highest BCUT2D eigenvalue weighted by Crippen LogP contribution is 2.30. The molecule has 0 spiro atoms. The van der Waals surface area contributed by atoms with Crippen LogP contribution in [0.3, 0.4) is 0 Å². The predicted octanol–water partition coefficient (Wildman–Crippen LogP) is 3.83. The molecule has 1 heterocycles. The van der Waals surface area contributed by atoms with Crippen LogP contribution in [0.2, 0.25) is 0 Å². The van der Waals surface area contributed by atoms with Crippen molar-refractivity contribution in [1.29, 1.82) is 0 Å². The van der Waals surface area contributed by atoms with Crippen molar-refractivity contribution in [2.45, 2.75) is 39.5 Å². The van der Waals surface area contributed by atoms with Gasteiger partial charge >= 0.3 is 0 Å². The standard InChI is InChI=1S/C13H20OS/c1-5-10(9-14)8-11-6-7-12(15-11)13(2,3)4/h6-8,14H,5,9H2,1-4H3/b10-8-. The zero-order valence-electron chi connectivity index (χ0n) is 10.0. The zero-order valence-corrected chi connectivity index (χ0v) is 10.8. The van der Waals surface area contributed by atoms with Crippen LogP contribution >= 0.6 is 11.3 Å². The van der Waals surface area contributed by atoms with Crippen molar-refractivity contribution >= 4 is 17.4 Å². The van der Waals surface area contributed by atoms with Gasteiger partial charge in [0, 0.05) is 9.75 Å². The lowest BCUT2D eigenvalue weighted by Gasteiger charge is -2.15. The molecule has 0 fully saturated rings. The van der Waals surface area contributed by atoms with E-state index in [1.54, 1.807) is 0 Å². The molecule has 0 aliphatic carbocycles. The minimum atomic E-state index is 0.166. The van der Waals surface area contributed by atoms with E-state index in [1.165, 1.54) is 9.75 Å². The molecule has 2 heteroatoms. The van der Waals surface area contributed by atoms with Crippen LogP contribution < -0.4 is 0 Å². The fraction of sp³-hybridized carbons (Fsp3) is 0.538. The largest absolute Gasteiger partial charge is 0.392 e. The first-order valence-electron chi connectivity index (χ1n) is 5.38. The van der Waals surface area contributed by atoms with E-state index in [1.807, 2.05) is 11.3 Å². The van der Waals surface area contributed by atoms with Crippen molar-refractivity contribution in [3.05, 3.63) is 27.5 Å². The third kappa shape index (κ3) is 3.47. The molecule has 15 heavy (non-hydrogen) atoms. The Hall–Kier alpha value is -0.600. The normalized spacial score (nSPS) is 13.3. The number of thiophene rings is 1. The topological polar surface area (TPSA) is 20.2 Å². The molecule has 1 aromatic heterocycles. The minimum Gasteiger partial charge on any atom is -0.392 e. The van der Waals surface area contributed by atoms with Gasteiger partial charge in [0.2, 0.25) is 0 Å². The predicted molar refractivity (Wildman–Crippen MR) is 68.4 cm³/mol. The van der Waals surface area contributed by atoms with Crippen LogP contribution in [0.4, 0.5) is 0 Å². The quantitative estimate of drug-likeness (QED) is 0.827. The highest BCUT2D eigenvalue weighted by atomic mass is 32.1. The van der Waals surface area contributed by atoms with E-state index >= 15 is 0 Å². The molecule has 0 radical (unpaired) electrons. The monoisotopic (exact) mass is 224 g/mol. The number of aliphatic hydroxyl groups excluding tert-OH is 1. The zero-order chi connectivity index (χ0) is 11.5. The van der Waals surface area contributed by atoms with Crippen molar-refractivity contribution in [3.8, 4) is 0 Å². The van der Waals surface area contributed by atoms with E-state index in [4.69, 9.17) is 5.11 Å². The Balaban J connectivity index is 2.90. The van der Waals surface area contributed by atoms with E-state index in [0.29, 0.717) is 0 Å². The Kier molecular flexibility index (Phi) is 4.12. The first kappa shape index (κ1) is 12.5. The summed E-state index contributed by atoms with van der Waals surface area (Å²) in [4.78, 5) is 2.63. The minimum absolute atomic E-state index is 0.166. The van der Waals surface area contributed by atoms with Crippen molar-refractivity contribution in [2.75, 3.05) is 6.61 Å². The average molecular weight is 224 g/mol. The summed E-state index contributed by atoms with van der Waals surface area (Å²) in [7, 11) is 0. The Labute approximate surface area is 96.5 Å². The van der Waals surface area contributed by atoms with Crippen LogP contribution in [0.25, 0.3) is 6.08 Å². The number of hydrogen-bond acceptors (Lipinski definition) is 2. The van der Waals surface area contributed by atoms with Crippen molar-refractivity contribution < 1.29 is 5.11 Å². The molecule has 0 unspecified atom stereocenters. The summed E-state index contributed by atoms with van der Waals surface area (Å²) in [5.41, 5.74) is 1.32. The second-order valence-corrected chi connectivity index (χ2v) is 5.88. The smallest absolute Gasteiger partial charge is 0.0645 e. The van der Waals surface area contributed by atoms with Crippen LogP contribution in [-0.4, -0.2) is 11.7 Å². The second-order valence-electron chi connectivity index (χ2n) is 4.77. The molecule has 0 saturated carbocycles. The molecule has 0 aliphatic heterocycles. The molecule has 1 rings (SSSR count). The molecule has 0 atom stereocenters. The van der Waals surface area contributed by atoms with Gasteiger partial charge in [-0.25, -0.2) is 0 Å². The lowest BCUT2D eigenvalue weighted by atomic mass is 9.95. The molecule has 0 saturated heterocycles.